The highest BCUT2D eigenvalue weighted by atomic mass is 16.3. The van der Waals surface area contributed by atoms with E-state index in [1.54, 1.807) is 6.20 Å². The number of hydrogen-bond acceptors (Lipinski definition) is 6. The Bertz CT molecular complexity index is 1060. The molecule has 0 bridgehead atoms. The van der Waals surface area contributed by atoms with Crippen LogP contribution in [0.2, 0.25) is 0 Å². The topological polar surface area (TPSA) is 119 Å². The number of aliphatic hydroxyl groups is 1. The lowest BCUT2D eigenvalue weighted by molar-refractivity contribution is -0.129. The van der Waals surface area contributed by atoms with Gasteiger partial charge in [-0.1, -0.05) is 32.6 Å². The summed E-state index contributed by atoms with van der Waals surface area (Å²) in [6.07, 6.45) is 14.8. The molecule has 2 heterocycles. The molecule has 34 heavy (non-hydrogen) atoms. The van der Waals surface area contributed by atoms with Crippen molar-refractivity contribution in [2.75, 3.05) is 0 Å². The van der Waals surface area contributed by atoms with Crippen LogP contribution in [-0.2, 0) is 11.3 Å². The number of carbonyl (C=O) groups is 1. The normalized spacial score (nSPS) is 36.6. The van der Waals surface area contributed by atoms with Crippen LogP contribution >= 0.6 is 0 Å². The molecule has 0 amide bonds. The number of H-pyrrole nitrogens is 1. The molecular formula is C25H38N6O3. The van der Waals surface area contributed by atoms with Gasteiger partial charge in [0.25, 0.3) is 0 Å². The molecule has 186 valence electrons. The van der Waals surface area contributed by atoms with Crippen molar-refractivity contribution in [3.63, 3.8) is 0 Å². The summed E-state index contributed by atoms with van der Waals surface area (Å²) in [5.41, 5.74) is -0.426. The van der Waals surface area contributed by atoms with E-state index in [4.69, 9.17) is 0 Å². The Morgan fingerprint density at radius 3 is 2.71 bits per heavy atom. The van der Waals surface area contributed by atoms with Crippen molar-refractivity contribution < 1.29 is 9.90 Å². The number of fused-ring (bicyclic) bond motifs is 3. The van der Waals surface area contributed by atoms with Gasteiger partial charge < -0.3 is 5.11 Å². The first-order valence-corrected chi connectivity index (χ1v) is 13.1. The van der Waals surface area contributed by atoms with E-state index in [1.165, 1.54) is 34.8 Å². The second-order valence-electron chi connectivity index (χ2n) is 11.6. The standard InChI is InChI=1S/C25H38N6O3/c1-24(34)11-4-3-7-19-17(6-5-12-24)10-13-25(2)20(19)8-9-21(25)22(32)16-30-23(33)31(29-28-30)18-14-26-27-15-18/h14-15,17,19-21,34H,3-13,16H2,1-2H3,(H,26,27)/t17-,19+,20-,21+,24-,25-/m0/s1. The molecule has 3 saturated carbocycles. The minimum atomic E-state index is -0.515. The SMILES string of the molecule is C[C@]1(O)CCCC[C@@H]2[C@@H](CCC1)CC[C@]1(C)[C@@H](C(=O)Cn3nnn(-c4cn[nH]c4)c3=O)CC[C@@H]21. The zero-order chi connectivity index (χ0) is 23.9. The molecule has 3 fully saturated rings. The first kappa shape index (κ1) is 23.5. The van der Waals surface area contributed by atoms with E-state index >= 15 is 0 Å². The van der Waals surface area contributed by atoms with Crippen LogP contribution in [0.3, 0.4) is 0 Å². The van der Waals surface area contributed by atoms with Crippen LogP contribution in [0, 0.1) is 29.1 Å². The molecule has 0 aliphatic heterocycles. The van der Waals surface area contributed by atoms with E-state index in [-0.39, 0.29) is 23.7 Å². The summed E-state index contributed by atoms with van der Waals surface area (Å²) in [7, 11) is 0. The van der Waals surface area contributed by atoms with Gasteiger partial charge in [-0.3, -0.25) is 9.89 Å². The fourth-order valence-corrected chi connectivity index (χ4v) is 7.60. The second-order valence-corrected chi connectivity index (χ2v) is 11.6. The molecule has 6 atom stereocenters. The molecule has 2 aromatic heterocycles. The number of tetrazole rings is 1. The van der Waals surface area contributed by atoms with Gasteiger partial charge in [0.15, 0.2) is 5.78 Å². The Morgan fingerprint density at radius 2 is 1.91 bits per heavy atom. The van der Waals surface area contributed by atoms with Crippen molar-refractivity contribution in [2.24, 2.45) is 29.1 Å². The van der Waals surface area contributed by atoms with Crippen molar-refractivity contribution in [3.05, 3.63) is 22.9 Å². The van der Waals surface area contributed by atoms with Crippen molar-refractivity contribution in [1.29, 1.82) is 0 Å². The van der Waals surface area contributed by atoms with Crippen molar-refractivity contribution in [1.82, 2.24) is 30.0 Å². The lowest BCUT2D eigenvalue weighted by Crippen LogP contribution is -2.44. The van der Waals surface area contributed by atoms with Gasteiger partial charge in [-0.05, 0) is 85.5 Å². The average molecular weight is 471 g/mol. The number of nitrogens with one attached hydrogen (secondary N) is 1. The fraction of sp³-hybridized carbons (Fsp3) is 0.800. The molecule has 9 nitrogen and oxygen atoms in total. The molecule has 3 aliphatic rings. The highest BCUT2D eigenvalue weighted by Crippen LogP contribution is 2.61. The summed E-state index contributed by atoms with van der Waals surface area (Å²) in [5, 5.41) is 25.0. The van der Waals surface area contributed by atoms with Crippen molar-refractivity contribution in [3.8, 4) is 5.69 Å². The third kappa shape index (κ3) is 4.27. The van der Waals surface area contributed by atoms with Crippen LogP contribution in [0.1, 0.15) is 84.5 Å². The number of Topliss-reactive ketones (excluding diaryl/α,β-unsaturated/α-hetero) is 1. The summed E-state index contributed by atoms with van der Waals surface area (Å²) < 4.78 is 2.35. The Morgan fingerprint density at radius 1 is 1.09 bits per heavy atom. The molecule has 2 N–H and O–H groups in total. The second kappa shape index (κ2) is 9.06. The Kier molecular flexibility index (Phi) is 6.25. The highest BCUT2D eigenvalue weighted by Gasteiger charge is 2.55. The maximum absolute atomic E-state index is 13.5. The number of nitrogens with zero attached hydrogens (tertiary/aromatic N) is 5. The van der Waals surface area contributed by atoms with Crippen LogP contribution in [0.5, 0.6) is 0 Å². The monoisotopic (exact) mass is 470 g/mol. The van der Waals surface area contributed by atoms with E-state index in [2.05, 4.69) is 27.5 Å². The molecular weight excluding hydrogens is 432 g/mol. The average Bonchev–Trinajstić information content (AvgIpc) is 3.52. The number of hydrogen-bond donors (Lipinski definition) is 2. The van der Waals surface area contributed by atoms with Crippen LogP contribution in [0.25, 0.3) is 5.69 Å². The van der Waals surface area contributed by atoms with Crippen LogP contribution in [0.15, 0.2) is 17.2 Å². The molecule has 3 aliphatic carbocycles. The zero-order valence-electron chi connectivity index (χ0n) is 20.4. The van der Waals surface area contributed by atoms with Gasteiger partial charge in [-0.2, -0.15) is 14.5 Å². The van der Waals surface area contributed by atoms with E-state index in [0.717, 1.165) is 51.4 Å². The summed E-state index contributed by atoms with van der Waals surface area (Å²) in [4.78, 5) is 26.2. The number of rotatable bonds is 4. The Balaban J connectivity index is 1.30. The highest BCUT2D eigenvalue weighted by molar-refractivity contribution is 5.82. The van der Waals surface area contributed by atoms with E-state index in [0.29, 0.717) is 23.4 Å². The molecule has 0 unspecified atom stereocenters. The van der Waals surface area contributed by atoms with Gasteiger partial charge >= 0.3 is 5.69 Å². The first-order chi connectivity index (χ1) is 16.3. The lowest BCUT2D eigenvalue weighted by atomic mass is 9.55. The van der Waals surface area contributed by atoms with Gasteiger partial charge in [0, 0.05) is 12.1 Å². The number of aromatic nitrogens is 6. The number of aromatic amines is 1. The maximum Gasteiger partial charge on any atom is 0.369 e. The molecule has 0 aromatic carbocycles. The quantitative estimate of drug-likeness (QED) is 0.708. The van der Waals surface area contributed by atoms with Gasteiger partial charge in [0.2, 0.25) is 0 Å². The molecule has 2 aromatic rings. The summed E-state index contributed by atoms with van der Waals surface area (Å²) >= 11 is 0. The minimum absolute atomic E-state index is 0.00196. The largest absolute Gasteiger partial charge is 0.390 e. The minimum Gasteiger partial charge on any atom is -0.390 e. The number of ketones is 1. The maximum atomic E-state index is 13.5. The predicted octanol–water partition coefficient (Wildman–Crippen LogP) is 3.28. The summed E-state index contributed by atoms with van der Waals surface area (Å²) in [5.74, 6) is 2.03. The van der Waals surface area contributed by atoms with Crippen molar-refractivity contribution in [2.45, 2.75) is 96.6 Å². The summed E-state index contributed by atoms with van der Waals surface area (Å²) in [6.45, 7) is 4.31. The molecule has 0 radical (unpaired) electrons. The fourth-order valence-electron chi connectivity index (χ4n) is 7.60. The molecule has 9 heteroatoms. The van der Waals surface area contributed by atoms with Gasteiger partial charge in [-0.25, -0.2) is 4.79 Å². The molecule has 0 saturated heterocycles. The predicted molar refractivity (Wildman–Crippen MR) is 126 cm³/mol. The zero-order valence-corrected chi connectivity index (χ0v) is 20.4. The summed E-state index contributed by atoms with van der Waals surface area (Å²) in [6, 6.07) is 0. The van der Waals surface area contributed by atoms with Crippen LogP contribution < -0.4 is 5.69 Å². The smallest absolute Gasteiger partial charge is 0.369 e. The van der Waals surface area contributed by atoms with Crippen LogP contribution in [0.4, 0.5) is 0 Å². The molecule has 5 rings (SSSR count). The van der Waals surface area contributed by atoms with Gasteiger partial charge in [0.05, 0.1) is 11.8 Å². The van der Waals surface area contributed by atoms with Crippen LogP contribution in [-0.4, -0.2) is 46.5 Å². The van der Waals surface area contributed by atoms with E-state index in [9.17, 15) is 14.7 Å². The van der Waals surface area contributed by atoms with E-state index < -0.39 is 11.3 Å². The third-order valence-corrected chi connectivity index (χ3v) is 9.44. The van der Waals surface area contributed by atoms with Gasteiger partial charge in [0.1, 0.15) is 12.2 Å². The molecule has 0 spiro atoms. The third-order valence-electron chi connectivity index (χ3n) is 9.44. The van der Waals surface area contributed by atoms with Gasteiger partial charge in [-0.15, -0.1) is 0 Å². The lowest BCUT2D eigenvalue weighted by Gasteiger charge is -2.49. The number of carbonyl (C=O) groups excluding carboxylic acids is 1. The Hall–Kier alpha value is -2.29. The van der Waals surface area contributed by atoms with Crippen molar-refractivity contribution >= 4 is 5.78 Å². The Labute approximate surface area is 200 Å². The van der Waals surface area contributed by atoms with E-state index in [1.807, 2.05) is 6.92 Å². The first-order valence-electron chi connectivity index (χ1n) is 13.1.